The first-order valence-electron chi connectivity index (χ1n) is 11.6. The molecule has 0 unspecified atom stereocenters. The maximum absolute atomic E-state index is 14.9. The fourth-order valence-electron chi connectivity index (χ4n) is 4.51. The highest BCUT2D eigenvalue weighted by Gasteiger charge is 2.39. The predicted molar refractivity (Wildman–Crippen MR) is 141 cm³/mol. The monoisotopic (exact) mass is 519 g/mol. The molecule has 37 heavy (non-hydrogen) atoms. The fourth-order valence-corrected chi connectivity index (χ4v) is 7.41. The number of primary amides is 1. The summed E-state index contributed by atoms with van der Waals surface area (Å²) < 4.78 is 22.0. The second-order valence-corrected chi connectivity index (χ2v) is 11.1. The second-order valence-electron chi connectivity index (χ2n) is 8.81. The van der Waals surface area contributed by atoms with Gasteiger partial charge in [0.1, 0.15) is 22.9 Å². The van der Waals surface area contributed by atoms with Crippen molar-refractivity contribution in [1.29, 1.82) is 0 Å². The molecule has 4 rings (SSSR count). The summed E-state index contributed by atoms with van der Waals surface area (Å²) in [6, 6.07) is 3.51. The summed E-state index contributed by atoms with van der Waals surface area (Å²) in [5.41, 5.74) is 8.65. The van der Waals surface area contributed by atoms with E-state index in [1.807, 2.05) is 13.8 Å². The van der Waals surface area contributed by atoms with Crippen LogP contribution < -0.4 is 11.1 Å². The van der Waals surface area contributed by atoms with Gasteiger partial charge in [-0.15, -0.1) is 0 Å². The molecular formula is C26H28FN6O3Si. The number of aryl methyl sites for hydroxylation is 2. The van der Waals surface area contributed by atoms with Crippen LogP contribution >= 0.6 is 0 Å². The molecule has 191 valence electrons. The van der Waals surface area contributed by atoms with Crippen molar-refractivity contribution in [2.24, 2.45) is 5.73 Å². The number of nitrogens with one attached hydrogen (secondary N) is 1. The SMILES string of the molecule is C=CC(=O)N1C[Si](n2nc(C#Cc3cc4ncc(C)c(C)c4cc3F)c(C(N)=O)c2NC)C[C@@H]1COC. The molecule has 1 aliphatic rings. The van der Waals surface area contributed by atoms with Gasteiger partial charge >= 0.3 is 0 Å². The van der Waals surface area contributed by atoms with Crippen LogP contribution in [0.15, 0.2) is 31.0 Å². The lowest BCUT2D eigenvalue weighted by molar-refractivity contribution is -0.127. The standard InChI is InChI=1S/C26H28FN6O3Si/c1-6-23(34)32-14-37(13-18(32)12-36-5)33-26(29-4)24(25(28)35)21(31-33)8-7-17-9-22-19(10-20(17)27)16(3)15(2)11-30-22/h6,9-11,18,29H,1,12-14H2,2-5H3,(H2,28,35)/t18-/m0/s1. The molecule has 9 nitrogen and oxygen atoms in total. The van der Waals surface area contributed by atoms with Crippen LogP contribution in [0.25, 0.3) is 10.9 Å². The maximum atomic E-state index is 14.9. The van der Waals surface area contributed by atoms with Gasteiger partial charge in [-0.25, -0.2) is 4.39 Å². The molecule has 2 aromatic heterocycles. The molecule has 0 spiro atoms. The van der Waals surface area contributed by atoms with Crippen LogP contribution in [0.4, 0.5) is 10.2 Å². The Morgan fingerprint density at radius 1 is 1.38 bits per heavy atom. The van der Waals surface area contributed by atoms with E-state index in [1.165, 1.54) is 12.1 Å². The lowest BCUT2D eigenvalue weighted by atomic mass is 10.0. The van der Waals surface area contributed by atoms with Gasteiger partial charge in [0.05, 0.1) is 23.7 Å². The van der Waals surface area contributed by atoms with E-state index in [1.54, 1.807) is 35.7 Å². The Kier molecular flexibility index (Phi) is 7.42. The van der Waals surface area contributed by atoms with Gasteiger partial charge in [-0.1, -0.05) is 12.5 Å². The van der Waals surface area contributed by atoms with Crippen molar-refractivity contribution in [3.05, 3.63) is 64.7 Å². The minimum atomic E-state index is -1.51. The van der Waals surface area contributed by atoms with Gasteiger partial charge in [0.2, 0.25) is 14.9 Å². The lowest BCUT2D eigenvalue weighted by Crippen LogP contribution is -2.38. The molecule has 1 saturated heterocycles. The molecule has 2 amide bonds. The molecule has 1 aromatic carbocycles. The summed E-state index contributed by atoms with van der Waals surface area (Å²) in [4.78, 5) is 31.0. The van der Waals surface area contributed by atoms with Gasteiger partial charge < -0.3 is 20.7 Å². The van der Waals surface area contributed by atoms with E-state index in [9.17, 15) is 14.0 Å². The number of pyridine rings is 1. The Morgan fingerprint density at radius 2 is 2.14 bits per heavy atom. The highest BCUT2D eigenvalue weighted by atomic mass is 28.3. The summed E-state index contributed by atoms with van der Waals surface area (Å²) in [5.74, 6) is 4.68. The predicted octanol–water partition coefficient (Wildman–Crippen LogP) is 2.15. The van der Waals surface area contributed by atoms with Crippen molar-refractivity contribution in [1.82, 2.24) is 19.3 Å². The molecular weight excluding hydrogens is 491 g/mol. The zero-order chi connectivity index (χ0) is 26.9. The quantitative estimate of drug-likeness (QED) is 0.293. The number of nitrogens with zero attached hydrogens (tertiary/aromatic N) is 4. The summed E-state index contributed by atoms with van der Waals surface area (Å²) in [5, 5.41) is 8.34. The Balaban J connectivity index is 1.77. The number of anilines is 1. The number of halogens is 1. The third-order valence-corrected chi connectivity index (χ3v) is 9.11. The van der Waals surface area contributed by atoms with Gasteiger partial charge in [-0.05, 0) is 55.1 Å². The van der Waals surface area contributed by atoms with E-state index in [0.29, 0.717) is 30.2 Å². The smallest absolute Gasteiger partial charge is 0.255 e. The molecule has 1 atom stereocenters. The molecule has 0 saturated carbocycles. The van der Waals surface area contributed by atoms with Crippen molar-refractivity contribution in [2.45, 2.75) is 25.9 Å². The lowest BCUT2D eigenvalue weighted by Gasteiger charge is -2.22. The maximum Gasteiger partial charge on any atom is 0.255 e. The molecule has 11 heteroatoms. The number of benzene rings is 1. The normalized spacial score (nSPS) is 15.5. The first kappa shape index (κ1) is 26.1. The van der Waals surface area contributed by atoms with Crippen LogP contribution in [0.2, 0.25) is 6.04 Å². The molecule has 3 heterocycles. The molecule has 1 aliphatic heterocycles. The number of hydrogen-bond donors (Lipinski definition) is 2. The third kappa shape index (κ3) is 4.85. The van der Waals surface area contributed by atoms with Crippen LogP contribution in [0.3, 0.4) is 0 Å². The minimum Gasteiger partial charge on any atom is -0.383 e. The van der Waals surface area contributed by atoms with Crippen molar-refractivity contribution >= 4 is 37.5 Å². The highest BCUT2D eigenvalue weighted by Crippen LogP contribution is 2.27. The molecule has 3 aromatic rings. The first-order valence-corrected chi connectivity index (χ1v) is 13.5. The fraction of sp³-hybridized carbons (Fsp3) is 0.308. The van der Waals surface area contributed by atoms with Gasteiger partial charge in [0.25, 0.3) is 5.91 Å². The van der Waals surface area contributed by atoms with Crippen molar-refractivity contribution in [2.75, 3.05) is 32.2 Å². The van der Waals surface area contributed by atoms with Gasteiger partial charge in [0.15, 0.2) is 0 Å². The van der Waals surface area contributed by atoms with Crippen LogP contribution in [-0.4, -0.2) is 73.1 Å². The van der Waals surface area contributed by atoms with E-state index in [4.69, 9.17) is 10.5 Å². The number of methoxy groups -OCH3 is 1. The molecule has 3 N–H and O–H groups in total. The zero-order valence-corrected chi connectivity index (χ0v) is 22.2. The molecule has 1 fully saturated rings. The topological polar surface area (TPSA) is 115 Å². The van der Waals surface area contributed by atoms with Crippen LogP contribution in [-0.2, 0) is 9.53 Å². The number of aromatic nitrogens is 3. The van der Waals surface area contributed by atoms with Crippen molar-refractivity contribution < 1.29 is 18.7 Å². The molecule has 0 bridgehead atoms. The van der Waals surface area contributed by atoms with Gasteiger partial charge in [0, 0.05) is 31.9 Å². The number of carbonyl (C=O) groups is 2. The Morgan fingerprint density at radius 3 is 2.78 bits per heavy atom. The number of carbonyl (C=O) groups excluding carboxylic acids is 2. The van der Waals surface area contributed by atoms with E-state index in [-0.39, 0.29) is 28.8 Å². The Hall–Kier alpha value is -4.01. The first-order chi connectivity index (χ1) is 17.7. The summed E-state index contributed by atoms with van der Waals surface area (Å²) in [7, 11) is 1.73. The minimum absolute atomic E-state index is 0.120. The Bertz CT molecular complexity index is 1470. The summed E-state index contributed by atoms with van der Waals surface area (Å²) >= 11 is 0. The average molecular weight is 520 g/mol. The number of nitrogens with two attached hydrogens (primary N) is 1. The largest absolute Gasteiger partial charge is 0.383 e. The van der Waals surface area contributed by atoms with E-state index in [2.05, 4.69) is 33.8 Å². The second kappa shape index (κ2) is 10.5. The number of ether oxygens (including phenoxy) is 1. The van der Waals surface area contributed by atoms with E-state index < -0.39 is 20.7 Å². The van der Waals surface area contributed by atoms with Crippen LogP contribution in [0.1, 0.15) is 32.7 Å². The van der Waals surface area contributed by atoms with Crippen LogP contribution in [0.5, 0.6) is 0 Å². The van der Waals surface area contributed by atoms with Crippen LogP contribution in [0, 0.1) is 31.5 Å². The van der Waals surface area contributed by atoms with Gasteiger partial charge in [-0.3, -0.25) is 18.9 Å². The summed E-state index contributed by atoms with van der Waals surface area (Å²) in [6.45, 7) is 7.80. The van der Waals surface area contributed by atoms with Crippen molar-refractivity contribution in [3.8, 4) is 11.8 Å². The molecule has 0 aliphatic carbocycles. The van der Waals surface area contributed by atoms with Crippen molar-refractivity contribution in [3.63, 3.8) is 0 Å². The number of rotatable bonds is 6. The highest BCUT2D eigenvalue weighted by molar-refractivity contribution is 6.59. The molecule has 1 radical (unpaired) electrons. The number of fused-ring (bicyclic) bond motifs is 1. The zero-order valence-electron chi connectivity index (χ0n) is 21.2. The third-order valence-electron chi connectivity index (χ3n) is 6.54. The summed E-state index contributed by atoms with van der Waals surface area (Å²) in [6.07, 6.45) is 3.45. The Labute approximate surface area is 216 Å². The van der Waals surface area contributed by atoms with E-state index in [0.717, 1.165) is 16.5 Å². The number of amides is 2. The number of hydrogen-bond acceptors (Lipinski definition) is 6. The average Bonchev–Trinajstić information content (AvgIpc) is 3.46. The van der Waals surface area contributed by atoms with E-state index >= 15 is 0 Å². The van der Waals surface area contributed by atoms with Gasteiger partial charge in [-0.2, -0.15) is 5.10 Å².